The summed E-state index contributed by atoms with van der Waals surface area (Å²) in [5, 5.41) is 0.540. The SMILES string of the molecule is C=C1CN(CC(/C=C\CC)=C/C)Cc2ccc(Cl)nc21. The van der Waals surface area contributed by atoms with E-state index in [-0.39, 0.29) is 0 Å². The first-order chi connectivity index (χ1) is 9.63. The molecular formula is C17H21ClN2. The molecule has 2 rings (SSSR count). The molecule has 20 heavy (non-hydrogen) atoms. The van der Waals surface area contributed by atoms with Gasteiger partial charge in [-0.1, -0.05) is 49.4 Å². The van der Waals surface area contributed by atoms with Crippen molar-refractivity contribution in [2.75, 3.05) is 13.1 Å². The molecule has 0 unspecified atom stereocenters. The van der Waals surface area contributed by atoms with Crippen molar-refractivity contribution < 1.29 is 0 Å². The molecule has 0 aromatic carbocycles. The Morgan fingerprint density at radius 2 is 2.25 bits per heavy atom. The van der Waals surface area contributed by atoms with E-state index in [2.05, 4.69) is 54.6 Å². The van der Waals surface area contributed by atoms with Crippen LogP contribution < -0.4 is 0 Å². The molecular weight excluding hydrogens is 268 g/mol. The van der Waals surface area contributed by atoms with Crippen LogP contribution in [0.2, 0.25) is 5.15 Å². The van der Waals surface area contributed by atoms with Crippen LogP contribution in [0.5, 0.6) is 0 Å². The van der Waals surface area contributed by atoms with Gasteiger partial charge in [-0.25, -0.2) is 4.98 Å². The third kappa shape index (κ3) is 3.59. The van der Waals surface area contributed by atoms with Crippen LogP contribution in [0, 0.1) is 0 Å². The lowest BCUT2D eigenvalue weighted by atomic mass is 10.0. The van der Waals surface area contributed by atoms with Gasteiger partial charge in [0.1, 0.15) is 5.15 Å². The van der Waals surface area contributed by atoms with Gasteiger partial charge in [-0.15, -0.1) is 0 Å². The highest BCUT2D eigenvalue weighted by Crippen LogP contribution is 2.26. The van der Waals surface area contributed by atoms with Crippen LogP contribution in [0.3, 0.4) is 0 Å². The fourth-order valence-corrected chi connectivity index (χ4v) is 2.57. The van der Waals surface area contributed by atoms with Crippen LogP contribution in [-0.2, 0) is 6.54 Å². The third-order valence-corrected chi connectivity index (χ3v) is 3.64. The Morgan fingerprint density at radius 1 is 1.45 bits per heavy atom. The summed E-state index contributed by atoms with van der Waals surface area (Å²) in [5.74, 6) is 0. The van der Waals surface area contributed by atoms with E-state index in [0.717, 1.165) is 37.3 Å². The summed E-state index contributed by atoms with van der Waals surface area (Å²) >= 11 is 5.96. The second-order valence-corrected chi connectivity index (χ2v) is 5.45. The van der Waals surface area contributed by atoms with Crippen molar-refractivity contribution in [1.82, 2.24) is 9.88 Å². The number of hydrogen-bond acceptors (Lipinski definition) is 2. The number of rotatable bonds is 4. The number of nitrogens with zero attached hydrogens (tertiary/aromatic N) is 2. The van der Waals surface area contributed by atoms with Gasteiger partial charge < -0.3 is 0 Å². The molecule has 0 atom stereocenters. The molecule has 0 radical (unpaired) electrons. The second-order valence-electron chi connectivity index (χ2n) is 5.06. The summed E-state index contributed by atoms with van der Waals surface area (Å²) in [6.45, 7) is 11.1. The van der Waals surface area contributed by atoms with E-state index >= 15 is 0 Å². The fraction of sp³-hybridized carbons (Fsp3) is 0.353. The number of fused-ring (bicyclic) bond motifs is 1. The van der Waals surface area contributed by atoms with Gasteiger partial charge in [0.25, 0.3) is 0 Å². The Kier molecular flexibility index (Phi) is 5.16. The molecule has 0 N–H and O–H groups in total. The molecule has 1 aromatic heterocycles. The second kappa shape index (κ2) is 6.87. The monoisotopic (exact) mass is 288 g/mol. The minimum atomic E-state index is 0.540. The molecule has 0 fully saturated rings. The molecule has 1 aliphatic rings. The number of halogens is 1. The summed E-state index contributed by atoms with van der Waals surface area (Å²) < 4.78 is 0. The molecule has 0 bridgehead atoms. The van der Waals surface area contributed by atoms with Gasteiger partial charge in [-0.3, -0.25) is 4.90 Å². The zero-order valence-corrected chi connectivity index (χ0v) is 13.0. The Morgan fingerprint density at radius 3 is 2.95 bits per heavy atom. The van der Waals surface area contributed by atoms with E-state index in [4.69, 9.17) is 11.6 Å². The van der Waals surface area contributed by atoms with Crippen molar-refractivity contribution >= 4 is 17.2 Å². The Bertz CT molecular complexity index is 558. The van der Waals surface area contributed by atoms with Crippen LogP contribution in [0.15, 0.2) is 42.5 Å². The molecule has 2 heterocycles. The van der Waals surface area contributed by atoms with E-state index in [0.29, 0.717) is 5.15 Å². The van der Waals surface area contributed by atoms with Crippen molar-refractivity contribution in [3.05, 3.63) is 58.9 Å². The molecule has 2 nitrogen and oxygen atoms in total. The molecule has 0 saturated heterocycles. The Labute approximate surface area is 126 Å². The number of pyridine rings is 1. The minimum absolute atomic E-state index is 0.540. The molecule has 3 heteroatoms. The van der Waals surface area contributed by atoms with Gasteiger partial charge in [-0.2, -0.15) is 0 Å². The van der Waals surface area contributed by atoms with Crippen molar-refractivity contribution in [1.29, 1.82) is 0 Å². The van der Waals surface area contributed by atoms with Crippen molar-refractivity contribution in [3.63, 3.8) is 0 Å². The van der Waals surface area contributed by atoms with Crippen LogP contribution in [-0.4, -0.2) is 23.0 Å². The molecule has 0 aliphatic carbocycles. The normalized spacial score (nSPS) is 16.8. The lowest BCUT2D eigenvalue weighted by Gasteiger charge is -2.29. The maximum Gasteiger partial charge on any atom is 0.129 e. The average Bonchev–Trinajstić information content (AvgIpc) is 2.44. The Balaban J connectivity index is 2.12. The lowest BCUT2D eigenvalue weighted by molar-refractivity contribution is 0.317. The first-order valence-electron chi connectivity index (χ1n) is 7.01. The highest BCUT2D eigenvalue weighted by Gasteiger charge is 2.20. The van der Waals surface area contributed by atoms with Gasteiger partial charge in [0, 0.05) is 19.6 Å². The van der Waals surface area contributed by atoms with E-state index in [1.54, 1.807) is 0 Å². The molecule has 0 amide bonds. The highest BCUT2D eigenvalue weighted by molar-refractivity contribution is 6.29. The van der Waals surface area contributed by atoms with E-state index in [1.807, 2.05) is 6.07 Å². The van der Waals surface area contributed by atoms with Gasteiger partial charge in [0.2, 0.25) is 0 Å². The first-order valence-corrected chi connectivity index (χ1v) is 7.39. The quantitative estimate of drug-likeness (QED) is 0.600. The number of hydrogen-bond donors (Lipinski definition) is 0. The fourth-order valence-electron chi connectivity index (χ4n) is 2.42. The summed E-state index contributed by atoms with van der Waals surface area (Å²) in [6, 6.07) is 3.91. The smallest absolute Gasteiger partial charge is 0.129 e. The average molecular weight is 289 g/mol. The summed E-state index contributed by atoms with van der Waals surface area (Å²) in [4.78, 5) is 6.77. The minimum Gasteiger partial charge on any atom is -0.290 e. The van der Waals surface area contributed by atoms with E-state index < -0.39 is 0 Å². The number of allylic oxidation sites excluding steroid dienone is 2. The number of aromatic nitrogens is 1. The molecule has 0 saturated carbocycles. The zero-order chi connectivity index (χ0) is 14.5. The van der Waals surface area contributed by atoms with E-state index in [9.17, 15) is 0 Å². The summed E-state index contributed by atoms with van der Waals surface area (Å²) in [5.41, 5.74) is 4.56. The van der Waals surface area contributed by atoms with Crippen molar-refractivity contribution in [2.45, 2.75) is 26.8 Å². The van der Waals surface area contributed by atoms with Crippen LogP contribution in [0.1, 0.15) is 31.5 Å². The maximum atomic E-state index is 5.96. The molecule has 1 aliphatic heterocycles. The largest absolute Gasteiger partial charge is 0.290 e. The summed E-state index contributed by atoms with van der Waals surface area (Å²) in [6.07, 6.45) is 7.64. The van der Waals surface area contributed by atoms with Gasteiger partial charge in [0.15, 0.2) is 0 Å². The zero-order valence-electron chi connectivity index (χ0n) is 12.2. The highest BCUT2D eigenvalue weighted by atomic mass is 35.5. The molecule has 1 aromatic rings. The van der Waals surface area contributed by atoms with Crippen molar-refractivity contribution in [3.8, 4) is 0 Å². The molecule has 0 spiro atoms. The van der Waals surface area contributed by atoms with Gasteiger partial charge in [-0.05, 0) is 36.1 Å². The first kappa shape index (κ1) is 15.0. The summed E-state index contributed by atoms with van der Waals surface area (Å²) in [7, 11) is 0. The predicted molar refractivity (Wildman–Crippen MR) is 86.7 cm³/mol. The van der Waals surface area contributed by atoms with E-state index in [1.165, 1.54) is 11.1 Å². The van der Waals surface area contributed by atoms with Crippen LogP contribution in [0.4, 0.5) is 0 Å². The van der Waals surface area contributed by atoms with Crippen LogP contribution >= 0.6 is 11.6 Å². The molecule has 106 valence electrons. The third-order valence-electron chi connectivity index (χ3n) is 3.43. The lowest BCUT2D eigenvalue weighted by Crippen LogP contribution is -2.31. The standard InChI is InChI=1S/C17H21ClN2/c1-4-6-7-14(5-2)11-20-10-13(3)17-15(12-20)8-9-16(18)19-17/h5-9H,3-4,10-12H2,1-2H3/b7-6-,14-5+. The Hall–Kier alpha value is -1.38. The predicted octanol–water partition coefficient (Wildman–Crippen LogP) is 4.48. The van der Waals surface area contributed by atoms with Gasteiger partial charge >= 0.3 is 0 Å². The van der Waals surface area contributed by atoms with Crippen molar-refractivity contribution in [2.24, 2.45) is 0 Å². The van der Waals surface area contributed by atoms with Crippen LogP contribution in [0.25, 0.3) is 5.57 Å². The topological polar surface area (TPSA) is 16.1 Å². The van der Waals surface area contributed by atoms with Gasteiger partial charge in [0.05, 0.1) is 5.69 Å². The maximum absolute atomic E-state index is 5.96.